The minimum absolute atomic E-state index is 0.0285. The molecular weight excluding hydrogens is 400 g/mol. The van der Waals surface area contributed by atoms with Gasteiger partial charge in [0.2, 0.25) is 5.95 Å². The fourth-order valence-electron chi connectivity index (χ4n) is 2.58. The summed E-state index contributed by atoms with van der Waals surface area (Å²) in [6.07, 6.45) is 0. The summed E-state index contributed by atoms with van der Waals surface area (Å²) in [6.45, 7) is 0.554. The molecule has 2 heterocycles. The normalized spacial score (nSPS) is 13.2. The van der Waals surface area contributed by atoms with Crippen LogP contribution in [0.2, 0.25) is 5.15 Å². The van der Waals surface area contributed by atoms with Crippen LogP contribution in [0.1, 0.15) is 15.9 Å². The maximum atomic E-state index is 12.2. The lowest BCUT2D eigenvalue weighted by molar-refractivity contribution is 0.101. The van der Waals surface area contributed by atoms with Gasteiger partial charge in [0.25, 0.3) is 0 Å². The number of nitrogens with zero attached hydrogens (tertiary/aromatic N) is 3. The predicted octanol–water partition coefficient (Wildman–Crippen LogP) is 2.69. The molecule has 126 valence electrons. The number of fused-ring (bicyclic) bond motifs is 1. The molecule has 0 atom stereocenters. The van der Waals surface area contributed by atoms with Gasteiger partial charge in [0, 0.05) is 12.6 Å². The maximum Gasteiger partial charge on any atom is 0.223 e. The Morgan fingerprint density at radius 1 is 1.33 bits per heavy atom. The molecule has 7 nitrogen and oxygen atoms in total. The number of nitrogen functional groups attached to an aromatic ring is 1. The third kappa shape index (κ3) is 2.87. The Morgan fingerprint density at radius 3 is 2.75 bits per heavy atom. The minimum Gasteiger partial charge on any atom is -0.497 e. The number of carbonyl (C=O) groups is 1. The molecule has 0 saturated carbocycles. The van der Waals surface area contributed by atoms with Gasteiger partial charge in [0.15, 0.2) is 5.78 Å². The van der Waals surface area contributed by atoms with Crippen molar-refractivity contribution in [2.24, 2.45) is 0 Å². The fraction of sp³-hybridized carbons (Fsp3) is 0.267. The highest BCUT2D eigenvalue weighted by atomic mass is 79.9. The molecule has 0 radical (unpaired) electrons. The van der Waals surface area contributed by atoms with E-state index in [-0.39, 0.29) is 23.4 Å². The molecule has 1 aromatic carbocycles. The third-order valence-electron chi connectivity index (χ3n) is 3.68. The Bertz CT molecular complexity index is 831. The molecule has 24 heavy (non-hydrogen) atoms. The van der Waals surface area contributed by atoms with E-state index >= 15 is 0 Å². The Labute approximate surface area is 151 Å². The lowest BCUT2D eigenvalue weighted by atomic mass is 10.2. The number of aromatic nitrogens is 2. The third-order valence-corrected chi connectivity index (χ3v) is 4.85. The van der Waals surface area contributed by atoms with Gasteiger partial charge in [-0.05, 0) is 27.6 Å². The van der Waals surface area contributed by atoms with E-state index in [1.807, 2.05) is 6.07 Å². The zero-order chi connectivity index (χ0) is 17.4. The van der Waals surface area contributed by atoms with Crippen LogP contribution in [-0.4, -0.2) is 36.5 Å². The largest absolute Gasteiger partial charge is 0.497 e. The number of nitrogens with two attached hydrogens (primary N) is 1. The number of methoxy groups -OCH3 is 2. The van der Waals surface area contributed by atoms with Gasteiger partial charge in [0.1, 0.15) is 22.5 Å². The van der Waals surface area contributed by atoms with Crippen molar-refractivity contribution in [2.45, 2.75) is 6.54 Å². The molecule has 2 N–H and O–H groups in total. The van der Waals surface area contributed by atoms with Crippen molar-refractivity contribution in [3.63, 3.8) is 0 Å². The number of ketones is 1. The van der Waals surface area contributed by atoms with Gasteiger partial charge in [-0.25, -0.2) is 4.98 Å². The number of benzene rings is 1. The number of hydrogen-bond acceptors (Lipinski definition) is 7. The van der Waals surface area contributed by atoms with Gasteiger partial charge < -0.3 is 20.1 Å². The van der Waals surface area contributed by atoms with Gasteiger partial charge in [-0.1, -0.05) is 11.6 Å². The standard InChI is InChI=1S/C15H14BrClN4O3/c1-23-8-3-7(12(16)10(4-8)24-2)5-21-6-9(22)11-13(17)19-15(18)20-14(11)21/h3-4H,5-6H2,1-2H3,(H2,18,19,20). The number of rotatable bonds is 4. The van der Waals surface area contributed by atoms with Gasteiger partial charge in [-0.3, -0.25) is 4.79 Å². The van der Waals surface area contributed by atoms with E-state index in [0.29, 0.717) is 29.4 Å². The first-order valence-corrected chi connectivity index (χ1v) is 8.13. The molecule has 0 aliphatic carbocycles. The lowest BCUT2D eigenvalue weighted by Crippen LogP contribution is -2.23. The summed E-state index contributed by atoms with van der Waals surface area (Å²) >= 11 is 9.56. The summed E-state index contributed by atoms with van der Waals surface area (Å²) in [6, 6.07) is 3.63. The summed E-state index contributed by atoms with van der Waals surface area (Å²) in [5.74, 6) is 1.61. The van der Waals surface area contributed by atoms with Crippen LogP contribution in [0.5, 0.6) is 11.5 Å². The molecule has 3 rings (SSSR count). The van der Waals surface area contributed by atoms with Crippen molar-refractivity contribution in [1.29, 1.82) is 0 Å². The van der Waals surface area contributed by atoms with Crippen LogP contribution in [0, 0.1) is 0 Å². The molecule has 1 aromatic heterocycles. The number of hydrogen-bond donors (Lipinski definition) is 1. The van der Waals surface area contributed by atoms with E-state index in [1.54, 1.807) is 25.2 Å². The average Bonchev–Trinajstić information content (AvgIpc) is 2.85. The van der Waals surface area contributed by atoms with E-state index < -0.39 is 0 Å². The predicted molar refractivity (Wildman–Crippen MR) is 94.1 cm³/mol. The highest BCUT2D eigenvalue weighted by Crippen LogP contribution is 2.37. The SMILES string of the molecule is COc1cc(CN2CC(=O)c3c(Cl)nc(N)nc32)c(Br)c(OC)c1. The zero-order valence-electron chi connectivity index (χ0n) is 13.0. The van der Waals surface area contributed by atoms with Gasteiger partial charge in [-0.2, -0.15) is 4.98 Å². The Hall–Kier alpha value is -2.06. The van der Waals surface area contributed by atoms with Crippen LogP contribution in [0.15, 0.2) is 16.6 Å². The zero-order valence-corrected chi connectivity index (χ0v) is 15.3. The van der Waals surface area contributed by atoms with Gasteiger partial charge in [0.05, 0.1) is 30.8 Å². The molecule has 1 aliphatic heterocycles. The van der Waals surface area contributed by atoms with E-state index in [2.05, 4.69) is 25.9 Å². The highest BCUT2D eigenvalue weighted by Gasteiger charge is 2.32. The van der Waals surface area contributed by atoms with Crippen molar-refractivity contribution >= 4 is 45.1 Å². The van der Waals surface area contributed by atoms with Crippen LogP contribution in [0.3, 0.4) is 0 Å². The molecule has 0 amide bonds. The van der Waals surface area contributed by atoms with Crippen molar-refractivity contribution in [3.8, 4) is 11.5 Å². The molecule has 0 unspecified atom stereocenters. The number of ether oxygens (including phenoxy) is 2. The molecule has 0 saturated heterocycles. The summed E-state index contributed by atoms with van der Waals surface area (Å²) < 4.78 is 11.4. The van der Waals surface area contributed by atoms with Gasteiger partial charge in [-0.15, -0.1) is 0 Å². The molecule has 0 bridgehead atoms. The Morgan fingerprint density at radius 2 is 2.08 bits per heavy atom. The fourth-order valence-corrected chi connectivity index (χ4v) is 3.37. The topological polar surface area (TPSA) is 90.6 Å². The van der Waals surface area contributed by atoms with E-state index in [4.69, 9.17) is 26.8 Å². The quantitative estimate of drug-likeness (QED) is 0.771. The number of anilines is 2. The van der Waals surface area contributed by atoms with Crippen LogP contribution >= 0.6 is 27.5 Å². The van der Waals surface area contributed by atoms with Crippen molar-refractivity contribution < 1.29 is 14.3 Å². The summed E-state index contributed by atoms with van der Waals surface area (Å²) in [5.41, 5.74) is 6.84. The molecule has 0 spiro atoms. The molecule has 2 aromatic rings. The first kappa shape index (κ1) is 16.8. The highest BCUT2D eigenvalue weighted by molar-refractivity contribution is 9.10. The van der Waals surface area contributed by atoms with Crippen LogP contribution in [-0.2, 0) is 6.54 Å². The first-order valence-electron chi connectivity index (χ1n) is 6.96. The second kappa shape index (κ2) is 6.45. The second-order valence-electron chi connectivity index (χ2n) is 5.15. The number of Topliss-reactive ketones (excluding diaryl/α,β-unsaturated/α-hetero) is 1. The molecule has 9 heteroatoms. The average molecular weight is 414 g/mol. The second-order valence-corrected chi connectivity index (χ2v) is 6.30. The first-order chi connectivity index (χ1) is 11.4. The van der Waals surface area contributed by atoms with Gasteiger partial charge >= 0.3 is 0 Å². The van der Waals surface area contributed by atoms with Crippen LogP contribution in [0.25, 0.3) is 0 Å². The smallest absolute Gasteiger partial charge is 0.223 e. The summed E-state index contributed by atoms with van der Waals surface area (Å²) in [7, 11) is 3.15. The summed E-state index contributed by atoms with van der Waals surface area (Å²) in [5, 5.41) is 0.0762. The molecule has 1 aliphatic rings. The van der Waals surface area contributed by atoms with Crippen molar-refractivity contribution in [2.75, 3.05) is 31.4 Å². The van der Waals surface area contributed by atoms with Crippen LogP contribution in [0.4, 0.5) is 11.8 Å². The Kier molecular flexibility index (Phi) is 4.51. The lowest BCUT2D eigenvalue weighted by Gasteiger charge is -2.20. The van der Waals surface area contributed by atoms with E-state index in [9.17, 15) is 4.79 Å². The monoisotopic (exact) mass is 412 g/mol. The van der Waals surface area contributed by atoms with E-state index in [1.165, 1.54) is 0 Å². The molecular formula is C15H14BrClN4O3. The Balaban J connectivity index is 2.01. The minimum atomic E-state index is -0.138. The summed E-state index contributed by atoms with van der Waals surface area (Å²) in [4.78, 5) is 22.0. The number of halogens is 2. The van der Waals surface area contributed by atoms with Crippen molar-refractivity contribution in [3.05, 3.63) is 32.9 Å². The number of carbonyl (C=O) groups excluding carboxylic acids is 1. The van der Waals surface area contributed by atoms with E-state index in [0.717, 1.165) is 10.0 Å². The molecule has 0 fully saturated rings. The maximum absolute atomic E-state index is 12.2. The van der Waals surface area contributed by atoms with Crippen molar-refractivity contribution in [1.82, 2.24) is 9.97 Å². The van der Waals surface area contributed by atoms with Crippen LogP contribution < -0.4 is 20.1 Å².